The number of ether oxygens (including phenoxy) is 2. The van der Waals surface area contributed by atoms with Gasteiger partial charge in [-0.3, -0.25) is 9.59 Å². The van der Waals surface area contributed by atoms with Gasteiger partial charge in [0.1, 0.15) is 51.9 Å². The number of rotatable bonds is 10. The largest absolute Gasteiger partial charge is 0.508 e. The van der Waals surface area contributed by atoms with Gasteiger partial charge in [-0.25, -0.2) is 0 Å². The van der Waals surface area contributed by atoms with Crippen LogP contribution in [0.15, 0.2) is 84.9 Å². The number of phenolic OH excluding ortho intramolecular Hbond substituents is 4. The summed E-state index contributed by atoms with van der Waals surface area (Å²) in [5, 5.41) is 40.4. The minimum Gasteiger partial charge on any atom is -0.508 e. The molecule has 5 rings (SSSR count). The molecule has 220 valence electrons. The van der Waals surface area contributed by atoms with Crippen LogP contribution in [-0.2, 0) is 11.2 Å². The Balaban J connectivity index is 1.47. The maximum absolute atomic E-state index is 13.4. The Morgan fingerprint density at radius 1 is 0.884 bits per heavy atom. The highest BCUT2D eigenvalue weighted by Crippen LogP contribution is 2.51. The molecule has 4 aromatic rings. The number of aromatic hydroxyl groups is 4. The lowest BCUT2D eigenvalue weighted by Gasteiger charge is -2.33. The van der Waals surface area contributed by atoms with Gasteiger partial charge in [0, 0.05) is 30.4 Å². The number of aryl methyl sites for hydroxylation is 1. The summed E-state index contributed by atoms with van der Waals surface area (Å²) in [6.07, 6.45) is 3.65. The number of carbonyl (C=O) groups excluding carboxylic acids is 2. The van der Waals surface area contributed by atoms with Gasteiger partial charge >= 0.3 is 0 Å². The van der Waals surface area contributed by atoms with Crippen molar-refractivity contribution in [2.24, 2.45) is 0 Å². The summed E-state index contributed by atoms with van der Waals surface area (Å²) in [6, 6.07) is 21.2. The first kappa shape index (κ1) is 29.3. The van der Waals surface area contributed by atoms with Crippen LogP contribution in [0.1, 0.15) is 63.9 Å². The van der Waals surface area contributed by atoms with Gasteiger partial charge in [-0.15, -0.1) is 0 Å². The predicted molar refractivity (Wildman–Crippen MR) is 161 cm³/mol. The second kappa shape index (κ2) is 12.7. The van der Waals surface area contributed by atoms with Gasteiger partial charge in [0.25, 0.3) is 0 Å². The summed E-state index contributed by atoms with van der Waals surface area (Å²) in [5.74, 6) is -0.467. The second-order valence-electron chi connectivity index (χ2n) is 10.5. The van der Waals surface area contributed by atoms with Crippen LogP contribution in [-0.4, -0.2) is 39.1 Å². The Hall–Kier alpha value is -5.24. The minimum absolute atomic E-state index is 0.0225. The third kappa shape index (κ3) is 6.81. The van der Waals surface area contributed by atoms with Crippen LogP contribution >= 0.6 is 0 Å². The number of Topliss-reactive ketones (excluding diaryl/α,β-unsaturated/α-hetero) is 1. The number of hydrogen-bond donors (Lipinski definition) is 4. The number of allylic oxidation sites excluding steroid dienone is 1. The molecule has 4 aromatic carbocycles. The van der Waals surface area contributed by atoms with Crippen LogP contribution < -0.4 is 9.47 Å². The van der Waals surface area contributed by atoms with E-state index in [0.29, 0.717) is 29.7 Å². The van der Waals surface area contributed by atoms with Gasteiger partial charge in [-0.1, -0.05) is 42.5 Å². The highest BCUT2D eigenvalue weighted by Gasteiger charge is 2.36. The SMILES string of the molecule is COc1cc2c(c(O)c1C(=O)/C=C/c1ccc(O)cc1)[C@H](CC(=O)CCc1ccc(O)cc1)C[C@@H](c1ccc(O)cc1)O2. The predicted octanol–water partition coefficient (Wildman–Crippen LogP) is 6.61. The fourth-order valence-electron chi connectivity index (χ4n) is 5.35. The average Bonchev–Trinajstić information content (AvgIpc) is 3.00. The molecule has 0 unspecified atom stereocenters. The number of ketones is 2. The number of methoxy groups -OCH3 is 1. The molecule has 0 aliphatic carbocycles. The fraction of sp³-hybridized carbons (Fsp3) is 0.200. The molecule has 4 N–H and O–H groups in total. The standard InChI is InChI=1S/C35H32O8/c1-42-31-20-32-33(35(41)34(31)29(40)17-7-22-4-12-26(37)13-5-22)24(19-30(43-32)23-8-15-27(38)16-9-23)18-28(39)14-6-21-2-10-25(36)11-3-21/h2-5,7-13,15-17,20,24,30,36-38,41H,6,14,18-19H2,1H3/b17-7+/t24-,30+/m1/s1. The van der Waals surface area contributed by atoms with Gasteiger partial charge in [0.15, 0.2) is 5.78 Å². The smallest absolute Gasteiger partial charge is 0.193 e. The molecule has 0 saturated heterocycles. The maximum atomic E-state index is 13.4. The molecule has 0 amide bonds. The molecule has 0 spiro atoms. The van der Waals surface area contributed by atoms with Crippen LogP contribution in [0.4, 0.5) is 0 Å². The van der Waals surface area contributed by atoms with Crippen molar-refractivity contribution in [1.82, 2.24) is 0 Å². The first-order valence-corrected chi connectivity index (χ1v) is 13.9. The number of benzene rings is 4. The van der Waals surface area contributed by atoms with E-state index in [2.05, 4.69) is 0 Å². The van der Waals surface area contributed by atoms with Crippen LogP contribution in [0.3, 0.4) is 0 Å². The zero-order valence-electron chi connectivity index (χ0n) is 23.6. The zero-order valence-corrected chi connectivity index (χ0v) is 23.6. The third-order valence-electron chi connectivity index (χ3n) is 7.60. The Kier molecular flexibility index (Phi) is 8.66. The average molecular weight is 581 g/mol. The van der Waals surface area contributed by atoms with Crippen molar-refractivity contribution in [3.05, 3.63) is 113 Å². The van der Waals surface area contributed by atoms with Crippen LogP contribution in [0, 0.1) is 0 Å². The summed E-state index contributed by atoms with van der Waals surface area (Å²) in [7, 11) is 1.40. The molecule has 1 aliphatic rings. The van der Waals surface area contributed by atoms with E-state index < -0.39 is 17.8 Å². The molecule has 43 heavy (non-hydrogen) atoms. The minimum atomic E-state index is -0.497. The molecule has 8 heteroatoms. The first-order valence-electron chi connectivity index (χ1n) is 13.9. The number of carbonyl (C=O) groups is 2. The molecule has 1 heterocycles. The van der Waals surface area contributed by atoms with Gasteiger partial charge < -0.3 is 29.9 Å². The highest BCUT2D eigenvalue weighted by atomic mass is 16.5. The third-order valence-corrected chi connectivity index (χ3v) is 7.60. The molecule has 0 radical (unpaired) electrons. The van der Waals surface area contributed by atoms with Crippen molar-refractivity contribution in [1.29, 1.82) is 0 Å². The van der Waals surface area contributed by atoms with E-state index in [9.17, 15) is 30.0 Å². The molecule has 2 atom stereocenters. The van der Waals surface area contributed by atoms with Crippen molar-refractivity contribution in [2.75, 3.05) is 7.11 Å². The lowest BCUT2D eigenvalue weighted by Crippen LogP contribution is -2.22. The summed E-state index contributed by atoms with van der Waals surface area (Å²) in [4.78, 5) is 26.6. The van der Waals surface area contributed by atoms with Crippen molar-refractivity contribution < 1.29 is 39.5 Å². The molecular weight excluding hydrogens is 548 g/mol. The second-order valence-corrected chi connectivity index (χ2v) is 10.5. The molecule has 0 saturated carbocycles. The van der Waals surface area contributed by atoms with E-state index >= 15 is 0 Å². The lowest BCUT2D eigenvalue weighted by molar-refractivity contribution is -0.119. The number of fused-ring (bicyclic) bond motifs is 1. The summed E-state index contributed by atoms with van der Waals surface area (Å²) < 4.78 is 11.8. The summed E-state index contributed by atoms with van der Waals surface area (Å²) in [6.45, 7) is 0. The van der Waals surface area contributed by atoms with Gasteiger partial charge in [-0.05, 0) is 72.0 Å². The molecule has 8 nitrogen and oxygen atoms in total. The highest BCUT2D eigenvalue weighted by molar-refractivity contribution is 6.11. The molecule has 0 bridgehead atoms. The maximum Gasteiger partial charge on any atom is 0.193 e. The Bertz CT molecular complexity index is 1640. The van der Waals surface area contributed by atoms with Crippen LogP contribution in [0.25, 0.3) is 6.08 Å². The molecular formula is C35H32O8. The summed E-state index contributed by atoms with van der Waals surface area (Å²) in [5.41, 5.74) is 2.72. The quantitative estimate of drug-likeness (QED) is 0.122. The topological polar surface area (TPSA) is 134 Å². The van der Waals surface area contributed by atoms with E-state index in [1.165, 1.54) is 25.3 Å². The van der Waals surface area contributed by atoms with Gasteiger partial charge in [-0.2, -0.15) is 0 Å². The van der Waals surface area contributed by atoms with Crippen molar-refractivity contribution in [3.8, 4) is 34.5 Å². The Labute approximate surface area is 249 Å². The van der Waals surface area contributed by atoms with Crippen LogP contribution in [0.2, 0.25) is 0 Å². The van der Waals surface area contributed by atoms with Gasteiger partial charge in [0.2, 0.25) is 0 Å². The summed E-state index contributed by atoms with van der Waals surface area (Å²) >= 11 is 0. The van der Waals surface area contributed by atoms with Gasteiger partial charge in [0.05, 0.1) is 7.11 Å². The molecule has 1 aliphatic heterocycles. The van der Waals surface area contributed by atoms with E-state index in [1.807, 2.05) is 0 Å². The molecule has 0 aromatic heterocycles. The number of phenols is 4. The monoisotopic (exact) mass is 580 g/mol. The number of hydrogen-bond acceptors (Lipinski definition) is 8. The van der Waals surface area contributed by atoms with E-state index in [1.54, 1.807) is 72.8 Å². The first-order chi connectivity index (χ1) is 20.7. The zero-order chi connectivity index (χ0) is 30.5. The Morgan fingerprint density at radius 2 is 1.49 bits per heavy atom. The van der Waals surface area contributed by atoms with Crippen molar-refractivity contribution in [2.45, 2.75) is 37.7 Å². The van der Waals surface area contributed by atoms with Crippen LogP contribution in [0.5, 0.6) is 34.5 Å². The Morgan fingerprint density at radius 3 is 2.12 bits per heavy atom. The fourth-order valence-corrected chi connectivity index (χ4v) is 5.35. The van der Waals surface area contributed by atoms with Crippen molar-refractivity contribution in [3.63, 3.8) is 0 Å². The van der Waals surface area contributed by atoms with Crippen molar-refractivity contribution >= 4 is 17.6 Å². The van der Waals surface area contributed by atoms with E-state index in [4.69, 9.17) is 9.47 Å². The normalized spacial score (nSPS) is 15.9. The molecule has 0 fully saturated rings. The van der Waals surface area contributed by atoms with E-state index in [0.717, 1.165) is 11.1 Å². The van der Waals surface area contributed by atoms with E-state index in [-0.39, 0.29) is 52.9 Å². The lowest BCUT2D eigenvalue weighted by atomic mass is 9.81.